The Morgan fingerprint density at radius 3 is 2.64 bits per heavy atom. The van der Waals surface area contributed by atoms with E-state index in [1.54, 1.807) is 18.5 Å². The van der Waals surface area contributed by atoms with Crippen molar-refractivity contribution >= 4 is 23.2 Å². The number of aryl methyl sites for hydroxylation is 1. The van der Waals surface area contributed by atoms with Gasteiger partial charge in [-0.2, -0.15) is 0 Å². The first-order valence-corrected chi connectivity index (χ1v) is 7.36. The second kappa shape index (κ2) is 7.05. The largest absolute Gasteiger partial charge is 0.394 e. The zero-order chi connectivity index (χ0) is 16.1. The molecule has 116 valence electrons. The molecule has 0 unspecified atom stereocenters. The van der Waals surface area contributed by atoms with Gasteiger partial charge in [-0.15, -0.1) is 11.3 Å². The molecule has 0 saturated heterocycles. The summed E-state index contributed by atoms with van der Waals surface area (Å²) in [4.78, 5) is 36.2. The highest BCUT2D eigenvalue weighted by Gasteiger charge is 2.23. The number of hydrogen-bond donors (Lipinski definition) is 3. The van der Waals surface area contributed by atoms with Gasteiger partial charge in [0, 0.05) is 12.4 Å². The topological polar surface area (TPSA) is 131 Å². The fourth-order valence-electron chi connectivity index (χ4n) is 1.70. The fraction of sp³-hybridized carbons (Fsp3) is 0.308. The summed E-state index contributed by atoms with van der Waals surface area (Å²) in [5.74, 6) is -0.880. The lowest BCUT2D eigenvalue weighted by molar-refractivity contribution is -0.120. The highest BCUT2D eigenvalue weighted by Crippen LogP contribution is 2.26. The van der Waals surface area contributed by atoms with Crippen molar-refractivity contribution in [3.8, 4) is 10.8 Å². The predicted octanol–water partition coefficient (Wildman–Crippen LogP) is -0.262. The lowest BCUT2D eigenvalue weighted by Crippen LogP contribution is -2.46. The third kappa shape index (κ3) is 3.43. The molecule has 2 amide bonds. The van der Waals surface area contributed by atoms with Gasteiger partial charge in [0.1, 0.15) is 10.9 Å². The SMILES string of the molecule is CCc1nc(-c2ncccn2)sc1C(=O)N[C@@H](CO)C(N)=O. The van der Waals surface area contributed by atoms with Gasteiger partial charge in [-0.05, 0) is 12.5 Å². The summed E-state index contributed by atoms with van der Waals surface area (Å²) in [6.07, 6.45) is 3.71. The third-order valence-corrected chi connectivity index (χ3v) is 3.92. The summed E-state index contributed by atoms with van der Waals surface area (Å²) >= 11 is 1.13. The highest BCUT2D eigenvalue weighted by molar-refractivity contribution is 7.17. The Bertz CT molecular complexity index is 674. The summed E-state index contributed by atoms with van der Waals surface area (Å²) in [7, 11) is 0. The maximum absolute atomic E-state index is 12.2. The molecule has 0 aliphatic carbocycles. The van der Waals surface area contributed by atoms with Gasteiger partial charge in [0.15, 0.2) is 10.8 Å². The van der Waals surface area contributed by atoms with Crippen LogP contribution in [0.4, 0.5) is 0 Å². The monoisotopic (exact) mass is 321 g/mol. The van der Waals surface area contributed by atoms with Crippen molar-refractivity contribution in [2.24, 2.45) is 5.73 Å². The number of nitrogens with two attached hydrogens (primary N) is 1. The van der Waals surface area contributed by atoms with Crippen molar-refractivity contribution in [1.82, 2.24) is 20.3 Å². The molecule has 8 nitrogen and oxygen atoms in total. The van der Waals surface area contributed by atoms with E-state index in [0.29, 0.717) is 27.8 Å². The van der Waals surface area contributed by atoms with Crippen molar-refractivity contribution in [1.29, 1.82) is 0 Å². The van der Waals surface area contributed by atoms with Gasteiger partial charge in [-0.3, -0.25) is 9.59 Å². The van der Waals surface area contributed by atoms with Crippen LogP contribution in [0.3, 0.4) is 0 Å². The van der Waals surface area contributed by atoms with E-state index in [-0.39, 0.29) is 0 Å². The van der Waals surface area contributed by atoms with Crippen LogP contribution < -0.4 is 11.1 Å². The van der Waals surface area contributed by atoms with Gasteiger partial charge < -0.3 is 16.2 Å². The molecule has 0 radical (unpaired) electrons. The third-order valence-electron chi connectivity index (χ3n) is 2.83. The molecular formula is C13H15N5O3S. The van der Waals surface area contributed by atoms with E-state index in [1.807, 2.05) is 6.92 Å². The summed E-state index contributed by atoms with van der Waals surface area (Å²) in [5, 5.41) is 12.0. The summed E-state index contributed by atoms with van der Waals surface area (Å²) in [6.45, 7) is 1.30. The van der Waals surface area contributed by atoms with Crippen LogP contribution in [0, 0.1) is 0 Å². The van der Waals surface area contributed by atoms with Crippen molar-refractivity contribution in [3.63, 3.8) is 0 Å². The second-order valence-electron chi connectivity index (χ2n) is 4.33. The molecule has 2 aromatic heterocycles. The molecule has 0 aliphatic heterocycles. The summed E-state index contributed by atoms with van der Waals surface area (Å²) in [6, 6.07) is 0.556. The summed E-state index contributed by atoms with van der Waals surface area (Å²) in [5.41, 5.74) is 5.67. The van der Waals surface area contributed by atoms with Crippen molar-refractivity contribution in [2.45, 2.75) is 19.4 Å². The zero-order valence-corrected chi connectivity index (χ0v) is 12.6. The van der Waals surface area contributed by atoms with Crippen LogP contribution in [-0.4, -0.2) is 44.5 Å². The van der Waals surface area contributed by atoms with E-state index >= 15 is 0 Å². The van der Waals surface area contributed by atoms with Gasteiger partial charge in [0.05, 0.1) is 12.3 Å². The molecule has 2 rings (SSSR count). The van der Waals surface area contributed by atoms with Crippen LogP contribution >= 0.6 is 11.3 Å². The molecule has 0 aromatic carbocycles. The smallest absolute Gasteiger partial charge is 0.264 e. The second-order valence-corrected chi connectivity index (χ2v) is 5.33. The van der Waals surface area contributed by atoms with Crippen LogP contribution in [-0.2, 0) is 11.2 Å². The van der Waals surface area contributed by atoms with Gasteiger partial charge in [-0.1, -0.05) is 6.92 Å². The van der Waals surface area contributed by atoms with Crippen LogP contribution in [0.5, 0.6) is 0 Å². The number of rotatable bonds is 6. The number of nitrogens with zero attached hydrogens (tertiary/aromatic N) is 3. The molecule has 0 fully saturated rings. The van der Waals surface area contributed by atoms with E-state index < -0.39 is 24.5 Å². The number of aliphatic hydroxyl groups is 1. The summed E-state index contributed by atoms with van der Waals surface area (Å²) < 4.78 is 0. The van der Waals surface area contributed by atoms with Gasteiger partial charge in [0.25, 0.3) is 5.91 Å². The van der Waals surface area contributed by atoms with Crippen molar-refractivity contribution in [2.75, 3.05) is 6.61 Å². The number of aliphatic hydroxyl groups excluding tert-OH is 1. The quantitative estimate of drug-likeness (QED) is 0.671. The Morgan fingerprint density at radius 2 is 2.09 bits per heavy atom. The Balaban J connectivity index is 2.29. The first-order chi connectivity index (χ1) is 10.6. The van der Waals surface area contributed by atoms with E-state index in [2.05, 4.69) is 20.3 Å². The molecule has 1 atom stereocenters. The number of hydrogen-bond acceptors (Lipinski definition) is 7. The number of nitrogens with one attached hydrogen (secondary N) is 1. The molecule has 4 N–H and O–H groups in total. The number of carbonyl (C=O) groups is 2. The molecule has 2 aromatic rings. The Labute approximate surface area is 130 Å². The van der Waals surface area contributed by atoms with Crippen molar-refractivity contribution in [3.05, 3.63) is 29.0 Å². The van der Waals surface area contributed by atoms with E-state index in [0.717, 1.165) is 11.3 Å². The number of primary amides is 1. The molecular weight excluding hydrogens is 306 g/mol. The fourth-order valence-corrected chi connectivity index (χ4v) is 2.71. The number of aromatic nitrogens is 3. The maximum atomic E-state index is 12.2. The molecule has 22 heavy (non-hydrogen) atoms. The van der Waals surface area contributed by atoms with Gasteiger partial charge >= 0.3 is 0 Å². The van der Waals surface area contributed by atoms with E-state index in [1.165, 1.54) is 0 Å². The zero-order valence-electron chi connectivity index (χ0n) is 11.8. The van der Waals surface area contributed by atoms with E-state index in [4.69, 9.17) is 10.8 Å². The van der Waals surface area contributed by atoms with E-state index in [9.17, 15) is 9.59 Å². The molecule has 2 heterocycles. The molecule has 0 aliphatic rings. The normalized spacial score (nSPS) is 11.9. The van der Waals surface area contributed by atoms with Crippen molar-refractivity contribution < 1.29 is 14.7 Å². The van der Waals surface area contributed by atoms with Crippen LogP contribution in [0.1, 0.15) is 22.3 Å². The minimum absolute atomic E-state index is 0.352. The molecule has 0 spiro atoms. The standard InChI is InChI=1S/C13H15N5O3S/c1-2-7-9(12(21)17-8(6-19)10(14)20)22-13(18-7)11-15-4-3-5-16-11/h3-5,8,19H,2,6H2,1H3,(H2,14,20)(H,17,21)/t8-/m0/s1. The average molecular weight is 321 g/mol. The minimum atomic E-state index is -1.13. The Hall–Kier alpha value is -2.39. The first-order valence-electron chi connectivity index (χ1n) is 6.55. The molecule has 9 heteroatoms. The Morgan fingerprint density at radius 1 is 1.41 bits per heavy atom. The lowest BCUT2D eigenvalue weighted by atomic mass is 10.2. The van der Waals surface area contributed by atoms with Gasteiger partial charge in [-0.25, -0.2) is 15.0 Å². The highest BCUT2D eigenvalue weighted by atomic mass is 32.1. The lowest BCUT2D eigenvalue weighted by Gasteiger charge is -2.11. The average Bonchev–Trinajstić information content (AvgIpc) is 2.97. The van der Waals surface area contributed by atoms with Crippen LogP contribution in [0.25, 0.3) is 10.8 Å². The van der Waals surface area contributed by atoms with Crippen LogP contribution in [0.2, 0.25) is 0 Å². The van der Waals surface area contributed by atoms with Crippen LogP contribution in [0.15, 0.2) is 18.5 Å². The van der Waals surface area contributed by atoms with Gasteiger partial charge in [0.2, 0.25) is 5.91 Å². The molecule has 0 saturated carbocycles. The number of thiazole rings is 1. The molecule has 0 bridgehead atoms. The first kappa shape index (κ1) is 16.0. The maximum Gasteiger partial charge on any atom is 0.264 e. The predicted molar refractivity (Wildman–Crippen MR) is 80.1 cm³/mol. The minimum Gasteiger partial charge on any atom is -0.394 e. The number of amides is 2. The number of carbonyl (C=O) groups excluding carboxylic acids is 2. The Kier molecular flexibility index (Phi) is 5.12.